The van der Waals surface area contributed by atoms with Crippen LogP contribution in [0, 0.1) is 0 Å². The molecule has 2 amide bonds. The third kappa shape index (κ3) is 4.62. The lowest BCUT2D eigenvalue weighted by Crippen LogP contribution is -2.39. The number of para-hydroxylation sites is 1. The van der Waals surface area contributed by atoms with Crippen molar-refractivity contribution in [3.05, 3.63) is 65.3 Å². The van der Waals surface area contributed by atoms with Gasteiger partial charge in [0, 0.05) is 37.8 Å². The van der Waals surface area contributed by atoms with E-state index < -0.39 is 0 Å². The minimum absolute atomic E-state index is 0.0910. The second kappa shape index (κ2) is 9.87. The van der Waals surface area contributed by atoms with Crippen LogP contribution >= 0.6 is 11.6 Å². The average Bonchev–Trinajstić information content (AvgIpc) is 3.09. The monoisotopic (exact) mass is 453 g/mol. The number of benzene rings is 2. The van der Waals surface area contributed by atoms with Crippen molar-refractivity contribution in [1.82, 2.24) is 14.8 Å². The SMILES string of the molecule is COc1ccccc1C(=O)N1CCCN(C(=O)COc2ccc(Cl)c3cccnc23)CC1. The van der Waals surface area contributed by atoms with Crippen LogP contribution in [-0.2, 0) is 4.79 Å². The summed E-state index contributed by atoms with van der Waals surface area (Å²) >= 11 is 6.22. The van der Waals surface area contributed by atoms with Crippen molar-refractivity contribution in [2.24, 2.45) is 0 Å². The first kappa shape index (κ1) is 21.9. The van der Waals surface area contributed by atoms with Gasteiger partial charge in [-0.1, -0.05) is 23.7 Å². The molecule has 1 fully saturated rings. The van der Waals surface area contributed by atoms with Crippen LogP contribution < -0.4 is 9.47 Å². The molecule has 2 aromatic carbocycles. The van der Waals surface area contributed by atoms with Crippen molar-refractivity contribution in [3.8, 4) is 11.5 Å². The summed E-state index contributed by atoms with van der Waals surface area (Å²) in [6.45, 7) is 1.94. The first-order valence-electron chi connectivity index (χ1n) is 10.4. The van der Waals surface area contributed by atoms with Gasteiger partial charge in [0.05, 0.1) is 17.7 Å². The molecule has 1 aliphatic rings. The molecule has 7 nitrogen and oxygen atoms in total. The van der Waals surface area contributed by atoms with Gasteiger partial charge in [-0.15, -0.1) is 0 Å². The zero-order valence-electron chi connectivity index (χ0n) is 17.8. The van der Waals surface area contributed by atoms with E-state index in [1.54, 1.807) is 53.4 Å². The molecule has 32 heavy (non-hydrogen) atoms. The van der Waals surface area contributed by atoms with E-state index in [-0.39, 0.29) is 18.4 Å². The standard InChI is InChI=1S/C24H24ClN3O4/c1-31-20-8-3-2-6-18(20)24(30)28-13-5-12-27(14-15-28)22(29)16-32-21-10-9-19(25)17-7-4-11-26-23(17)21/h2-4,6-11H,5,12-16H2,1H3. The molecule has 3 aromatic rings. The minimum Gasteiger partial charge on any atom is -0.496 e. The summed E-state index contributed by atoms with van der Waals surface area (Å²) in [5.74, 6) is 0.843. The lowest BCUT2D eigenvalue weighted by molar-refractivity contribution is -0.133. The fourth-order valence-electron chi connectivity index (χ4n) is 3.82. The Bertz CT molecular complexity index is 1140. The van der Waals surface area contributed by atoms with E-state index in [1.165, 1.54) is 0 Å². The van der Waals surface area contributed by atoms with Crippen LogP contribution in [0.4, 0.5) is 0 Å². The molecule has 0 unspecified atom stereocenters. The van der Waals surface area contributed by atoms with Crippen LogP contribution in [0.5, 0.6) is 11.5 Å². The lowest BCUT2D eigenvalue weighted by Gasteiger charge is -2.23. The van der Waals surface area contributed by atoms with E-state index in [9.17, 15) is 9.59 Å². The maximum Gasteiger partial charge on any atom is 0.260 e. The van der Waals surface area contributed by atoms with Crippen LogP contribution in [-0.4, -0.2) is 66.5 Å². The van der Waals surface area contributed by atoms with Crippen molar-refractivity contribution in [3.63, 3.8) is 0 Å². The molecule has 4 rings (SSSR count). The number of aromatic nitrogens is 1. The van der Waals surface area contributed by atoms with Crippen molar-refractivity contribution in [1.29, 1.82) is 0 Å². The van der Waals surface area contributed by atoms with Gasteiger partial charge in [0.2, 0.25) is 0 Å². The molecular formula is C24H24ClN3O4. The first-order valence-corrected chi connectivity index (χ1v) is 10.8. The van der Waals surface area contributed by atoms with E-state index in [0.717, 1.165) is 5.39 Å². The number of halogens is 1. The molecule has 1 aromatic heterocycles. The number of nitrogens with zero attached hydrogens (tertiary/aromatic N) is 3. The van der Waals surface area contributed by atoms with E-state index in [4.69, 9.17) is 21.1 Å². The lowest BCUT2D eigenvalue weighted by atomic mass is 10.1. The molecule has 1 aliphatic heterocycles. The van der Waals surface area contributed by atoms with E-state index in [1.807, 2.05) is 18.2 Å². The smallest absolute Gasteiger partial charge is 0.260 e. The van der Waals surface area contributed by atoms with Crippen LogP contribution in [0.25, 0.3) is 10.9 Å². The van der Waals surface area contributed by atoms with E-state index in [2.05, 4.69) is 4.98 Å². The van der Waals surface area contributed by atoms with Crippen LogP contribution in [0.3, 0.4) is 0 Å². The molecule has 0 bridgehead atoms. The summed E-state index contributed by atoms with van der Waals surface area (Å²) in [6.07, 6.45) is 2.35. The molecule has 0 N–H and O–H groups in total. The Balaban J connectivity index is 1.38. The molecule has 166 valence electrons. The zero-order chi connectivity index (χ0) is 22.5. The maximum atomic E-state index is 13.0. The second-order valence-electron chi connectivity index (χ2n) is 7.46. The van der Waals surface area contributed by atoms with Crippen LogP contribution in [0.15, 0.2) is 54.7 Å². The predicted molar refractivity (Wildman–Crippen MR) is 122 cm³/mol. The Hall–Kier alpha value is -3.32. The fraction of sp³-hybridized carbons (Fsp3) is 0.292. The summed E-state index contributed by atoms with van der Waals surface area (Å²) in [4.78, 5) is 33.6. The van der Waals surface area contributed by atoms with Crippen LogP contribution in [0.1, 0.15) is 16.8 Å². The number of fused-ring (bicyclic) bond motifs is 1. The molecule has 0 atom stereocenters. The number of rotatable bonds is 5. The zero-order valence-corrected chi connectivity index (χ0v) is 18.5. The third-order valence-electron chi connectivity index (χ3n) is 5.50. The fourth-order valence-corrected chi connectivity index (χ4v) is 4.04. The van der Waals surface area contributed by atoms with Gasteiger partial charge in [-0.25, -0.2) is 0 Å². The number of pyridine rings is 1. The summed E-state index contributed by atoms with van der Waals surface area (Å²) in [6, 6.07) is 14.3. The summed E-state index contributed by atoms with van der Waals surface area (Å²) in [7, 11) is 1.55. The van der Waals surface area contributed by atoms with E-state index >= 15 is 0 Å². The third-order valence-corrected chi connectivity index (χ3v) is 5.83. The number of ether oxygens (including phenoxy) is 2. The van der Waals surface area contributed by atoms with Gasteiger partial charge in [0.15, 0.2) is 6.61 Å². The molecule has 0 aliphatic carbocycles. The molecule has 2 heterocycles. The van der Waals surface area contributed by atoms with Crippen molar-refractivity contribution >= 4 is 34.3 Å². The molecule has 0 spiro atoms. The molecular weight excluding hydrogens is 430 g/mol. The highest BCUT2D eigenvalue weighted by Gasteiger charge is 2.24. The van der Waals surface area contributed by atoms with Gasteiger partial charge < -0.3 is 19.3 Å². The minimum atomic E-state index is -0.129. The number of carbonyl (C=O) groups is 2. The van der Waals surface area contributed by atoms with Gasteiger partial charge in [-0.05, 0) is 42.8 Å². The Morgan fingerprint density at radius 1 is 0.969 bits per heavy atom. The molecule has 1 saturated heterocycles. The quantitative estimate of drug-likeness (QED) is 0.589. The number of hydrogen-bond acceptors (Lipinski definition) is 5. The number of methoxy groups -OCH3 is 1. The van der Waals surface area contributed by atoms with Gasteiger partial charge in [0.1, 0.15) is 17.0 Å². The Kier molecular flexibility index (Phi) is 6.75. The highest BCUT2D eigenvalue weighted by molar-refractivity contribution is 6.35. The number of amides is 2. The first-order chi connectivity index (χ1) is 15.6. The molecule has 0 radical (unpaired) electrons. The summed E-state index contributed by atoms with van der Waals surface area (Å²) in [5.41, 5.74) is 1.15. The maximum absolute atomic E-state index is 13.0. The molecule has 0 saturated carbocycles. The highest BCUT2D eigenvalue weighted by Crippen LogP contribution is 2.29. The highest BCUT2D eigenvalue weighted by atomic mass is 35.5. The average molecular weight is 454 g/mol. The predicted octanol–water partition coefficient (Wildman–Crippen LogP) is 3.65. The van der Waals surface area contributed by atoms with Crippen molar-refractivity contribution in [2.75, 3.05) is 39.9 Å². The Labute approximate surface area is 191 Å². The van der Waals surface area contributed by atoms with Crippen LogP contribution in [0.2, 0.25) is 5.02 Å². The van der Waals surface area contributed by atoms with Gasteiger partial charge >= 0.3 is 0 Å². The number of hydrogen-bond donors (Lipinski definition) is 0. The van der Waals surface area contributed by atoms with Gasteiger partial charge in [-0.2, -0.15) is 0 Å². The Morgan fingerprint density at radius 2 is 1.75 bits per heavy atom. The van der Waals surface area contributed by atoms with Crippen molar-refractivity contribution < 1.29 is 19.1 Å². The van der Waals surface area contributed by atoms with Crippen molar-refractivity contribution in [2.45, 2.75) is 6.42 Å². The van der Waals surface area contributed by atoms with Gasteiger partial charge in [-0.3, -0.25) is 14.6 Å². The topological polar surface area (TPSA) is 72.0 Å². The normalized spacial score (nSPS) is 14.2. The van der Waals surface area contributed by atoms with Gasteiger partial charge in [0.25, 0.3) is 11.8 Å². The molecule has 8 heteroatoms. The van der Waals surface area contributed by atoms with E-state index in [0.29, 0.717) is 60.2 Å². The summed E-state index contributed by atoms with van der Waals surface area (Å²) in [5, 5.41) is 1.36. The Morgan fingerprint density at radius 3 is 2.59 bits per heavy atom. The summed E-state index contributed by atoms with van der Waals surface area (Å²) < 4.78 is 11.1. The number of carbonyl (C=O) groups excluding carboxylic acids is 2. The largest absolute Gasteiger partial charge is 0.496 e. The second-order valence-corrected chi connectivity index (χ2v) is 7.87.